The number of para-hydroxylation sites is 1. The van der Waals surface area contributed by atoms with Gasteiger partial charge in [0.05, 0.1) is 0 Å². The van der Waals surface area contributed by atoms with Crippen LogP contribution in [-0.4, -0.2) is 18.6 Å². The first-order valence-electron chi connectivity index (χ1n) is 7.74. The van der Waals surface area contributed by atoms with Crippen molar-refractivity contribution in [1.29, 1.82) is 0 Å². The van der Waals surface area contributed by atoms with Gasteiger partial charge in [0.15, 0.2) is 6.10 Å². The Bertz CT molecular complexity index is 446. The minimum atomic E-state index is -0.526. The minimum absolute atomic E-state index is 0.0718. The molecule has 0 spiro atoms. The van der Waals surface area contributed by atoms with Crippen molar-refractivity contribution in [3.05, 3.63) is 29.8 Å². The van der Waals surface area contributed by atoms with Crippen LogP contribution in [0.3, 0.4) is 0 Å². The molecule has 0 aliphatic heterocycles. The number of carbonyl (C=O) groups is 1. The van der Waals surface area contributed by atoms with E-state index < -0.39 is 6.10 Å². The molecule has 21 heavy (non-hydrogen) atoms. The highest BCUT2D eigenvalue weighted by Crippen LogP contribution is 2.26. The summed E-state index contributed by atoms with van der Waals surface area (Å²) in [5.74, 6) is 1.18. The van der Waals surface area contributed by atoms with E-state index in [-0.39, 0.29) is 11.9 Å². The average Bonchev–Trinajstić information content (AvgIpc) is 2.46. The van der Waals surface area contributed by atoms with Gasteiger partial charge in [-0.25, -0.2) is 0 Å². The zero-order valence-corrected chi connectivity index (χ0v) is 13.6. The van der Waals surface area contributed by atoms with Crippen LogP contribution in [0.2, 0.25) is 0 Å². The van der Waals surface area contributed by atoms with E-state index in [1.807, 2.05) is 31.2 Å². The molecular weight excluding hydrogens is 264 g/mol. The van der Waals surface area contributed by atoms with Crippen LogP contribution in [0.15, 0.2) is 24.3 Å². The third-order valence-electron chi connectivity index (χ3n) is 3.45. The van der Waals surface area contributed by atoms with Crippen LogP contribution < -0.4 is 15.8 Å². The Kier molecular flexibility index (Phi) is 7.23. The first kappa shape index (κ1) is 17.5. The van der Waals surface area contributed by atoms with Crippen LogP contribution in [0.25, 0.3) is 0 Å². The molecule has 0 bridgehead atoms. The molecule has 1 rings (SSSR count). The van der Waals surface area contributed by atoms with Crippen molar-refractivity contribution in [1.82, 2.24) is 5.32 Å². The highest BCUT2D eigenvalue weighted by molar-refractivity contribution is 5.80. The maximum absolute atomic E-state index is 12.0. The Morgan fingerprint density at radius 1 is 1.29 bits per heavy atom. The van der Waals surface area contributed by atoms with Gasteiger partial charge in [0.2, 0.25) is 0 Å². The number of amides is 1. The molecule has 3 N–H and O–H groups in total. The van der Waals surface area contributed by atoms with Crippen LogP contribution in [-0.2, 0) is 4.79 Å². The highest BCUT2D eigenvalue weighted by Gasteiger charge is 2.17. The van der Waals surface area contributed by atoms with Crippen molar-refractivity contribution >= 4 is 5.91 Å². The van der Waals surface area contributed by atoms with Gasteiger partial charge in [-0.05, 0) is 31.7 Å². The number of hydrogen-bond acceptors (Lipinski definition) is 3. The summed E-state index contributed by atoms with van der Waals surface area (Å²) in [7, 11) is 0. The van der Waals surface area contributed by atoms with Crippen LogP contribution in [0, 0.1) is 5.92 Å². The van der Waals surface area contributed by atoms with Gasteiger partial charge in [0.1, 0.15) is 5.75 Å². The van der Waals surface area contributed by atoms with Gasteiger partial charge < -0.3 is 15.8 Å². The molecule has 1 aromatic carbocycles. The second kappa shape index (κ2) is 8.67. The molecule has 0 saturated carbocycles. The molecule has 118 valence electrons. The van der Waals surface area contributed by atoms with Gasteiger partial charge in [-0.15, -0.1) is 0 Å². The molecule has 0 heterocycles. The van der Waals surface area contributed by atoms with Crippen molar-refractivity contribution in [2.24, 2.45) is 11.7 Å². The predicted molar refractivity (Wildman–Crippen MR) is 86.2 cm³/mol. The number of nitrogens with one attached hydrogen (secondary N) is 1. The number of ether oxygens (including phenoxy) is 1. The smallest absolute Gasteiger partial charge is 0.260 e. The number of carbonyl (C=O) groups excluding carboxylic acids is 1. The van der Waals surface area contributed by atoms with E-state index in [1.54, 1.807) is 6.92 Å². The van der Waals surface area contributed by atoms with Gasteiger partial charge in [-0.3, -0.25) is 4.79 Å². The topological polar surface area (TPSA) is 64.3 Å². The lowest BCUT2D eigenvalue weighted by atomic mass is 10.0. The SMILES string of the molecule is CCC(N)c1ccccc1OC(C)C(=O)NCCC(C)C. The second-order valence-corrected chi connectivity index (χ2v) is 5.79. The lowest BCUT2D eigenvalue weighted by Crippen LogP contribution is -2.37. The summed E-state index contributed by atoms with van der Waals surface area (Å²) in [6.45, 7) is 8.74. The summed E-state index contributed by atoms with van der Waals surface area (Å²) < 4.78 is 5.80. The molecule has 4 nitrogen and oxygen atoms in total. The Morgan fingerprint density at radius 2 is 1.95 bits per heavy atom. The summed E-state index contributed by atoms with van der Waals surface area (Å²) >= 11 is 0. The summed E-state index contributed by atoms with van der Waals surface area (Å²) in [5.41, 5.74) is 7.03. The fraction of sp³-hybridized carbons (Fsp3) is 0.588. The first-order chi connectivity index (χ1) is 9.95. The molecule has 0 saturated heterocycles. The van der Waals surface area contributed by atoms with E-state index >= 15 is 0 Å². The zero-order valence-electron chi connectivity index (χ0n) is 13.6. The summed E-state index contributed by atoms with van der Waals surface area (Å²) in [5, 5.41) is 2.90. The van der Waals surface area contributed by atoms with E-state index in [9.17, 15) is 4.79 Å². The number of rotatable bonds is 8. The molecular formula is C17H28N2O2. The van der Waals surface area contributed by atoms with Crippen molar-refractivity contribution in [3.63, 3.8) is 0 Å². The van der Waals surface area contributed by atoms with Gasteiger partial charge in [-0.2, -0.15) is 0 Å². The Balaban J connectivity index is 2.62. The van der Waals surface area contributed by atoms with Crippen LogP contribution in [0.1, 0.15) is 52.1 Å². The fourth-order valence-corrected chi connectivity index (χ4v) is 1.99. The third-order valence-corrected chi connectivity index (χ3v) is 3.45. The Labute approximate surface area is 128 Å². The number of hydrogen-bond donors (Lipinski definition) is 2. The van der Waals surface area contributed by atoms with E-state index in [2.05, 4.69) is 19.2 Å². The summed E-state index contributed by atoms with van der Waals surface area (Å²) in [6.07, 6.45) is 1.27. The number of benzene rings is 1. The number of nitrogens with two attached hydrogens (primary N) is 1. The lowest BCUT2D eigenvalue weighted by molar-refractivity contribution is -0.127. The zero-order chi connectivity index (χ0) is 15.8. The predicted octanol–water partition coefficient (Wildman–Crippen LogP) is 3.03. The molecule has 0 aliphatic rings. The quantitative estimate of drug-likeness (QED) is 0.774. The summed E-state index contributed by atoms with van der Waals surface area (Å²) in [6, 6.07) is 7.57. The van der Waals surface area contributed by atoms with Crippen LogP contribution in [0.4, 0.5) is 0 Å². The molecule has 2 atom stereocenters. The van der Waals surface area contributed by atoms with Gasteiger partial charge in [0, 0.05) is 18.2 Å². The Hall–Kier alpha value is -1.55. The van der Waals surface area contributed by atoms with Crippen LogP contribution in [0.5, 0.6) is 5.75 Å². The van der Waals surface area contributed by atoms with Crippen LogP contribution >= 0.6 is 0 Å². The fourth-order valence-electron chi connectivity index (χ4n) is 1.99. The maximum Gasteiger partial charge on any atom is 0.260 e. The lowest BCUT2D eigenvalue weighted by Gasteiger charge is -2.19. The maximum atomic E-state index is 12.0. The van der Waals surface area contributed by atoms with Crippen molar-refractivity contribution < 1.29 is 9.53 Å². The molecule has 1 aromatic rings. The van der Waals surface area contributed by atoms with E-state index in [1.165, 1.54) is 0 Å². The first-order valence-corrected chi connectivity index (χ1v) is 7.74. The van der Waals surface area contributed by atoms with Gasteiger partial charge in [0.25, 0.3) is 5.91 Å². The standard InChI is InChI=1S/C17H28N2O2/c1-5-15(18)14-8-6-7-9-16(14)21-13(4)17(20)19-11-10-12(2)3/h6-9,12-13,15H,5,10-11,18H2,1-4H3,(H,19,20). The minimum Gasteiger partial charge on any atom is -0.481 e. The molecule has 0 aliphatic carbocycles. The van der Waals surface area contributed by atoms with Crippen molar-refractivity contribution in [2.45, 2.75) is 52.7 Å². The Morgan fingerprint density at radius 3 is 2.57 bits per heavy atom. The van der Waals surface area contributed by atoms with Gasteiger partial charge in [-0.1, -0.05) is 39.0 Å². The summed E-state index contributed by atoms with van der Waals surface area (Å²) in [4.78, 5) is 12.0. The highest BCUT2D eigenvalue weighted by atomic mass is 16.5. The normalized spacial score (nSPS) is 13.8. The third kappa shape index (κ3) is 5.76. The van der Waals surface area contributed by atoms with E-state index in [0.717, 1.165) is 18.4 Å². The molecule has 0 radical (unpaired) electrons. The van der Waals surface area contributed by atoms with Crippen molar-refractivity contribution in [2.75, 3.05) is 6.54 Å². The van der Waals surface area contributed by atoms with Gasteiger partial charge >= 0.3 is 0 Å². The molecule has 0 aromatic heterocycles. The second-order valence-electron chi connectivity index (χ2n) is 5.79. The largest absolute Gasteiger partial charge is 0.481 e. The van der Waals surface area contributed by atoms with E-state index in [0.29, 0.717) is 18.2 Å². The molecule has 0 fully saturated rings. The monoisotopic (exact) mass is 292 g/mol. The van der Waals surface area contributed by atoms with Crippen molar-refractivity contribution in [3.8, 4) is 5.75 Å². The molecule has 4 heteroatoms. The molecule has 2 unspecified atom stereocenters. The molecule has 1 amide bonds. The average molecular weight is 292 g/mol. The van der Waals surface area contributed by atoms with E-state index in [4.69, 9.17) is 10.5 Å².